The number of nitrogens with one attached hydrogen (secondary N) is 2. The Morgan fingerprint density at radius 2 is 1.67 bits per heavy atom. The molecule has 2 N–H and O–H groups in total. The third-order valence-corrected chi connectivity index (χ3v) is 5.00. The summed E-state index contributed by atoms with van der Waals surface area (Å²) in [4.78, 5) is 0. The summed E-state index contributed by atoms with van der Waals surface area (Å²) in [6, 6.07) is 0.725. The van der Waals surface area contributed by atoms with E-state index >= 15 is 0 Å². The maximum Gasteiger partial charge on any atom is 0.211 e. The molecular formula is C13H28N2O2S. The van der Waals surface area contributed by atoms with Gasteiger partial charge in [0.15, 0.2) is 0 Å². The molecule has 0 atom stereocenters. The van der Waals surface area contributed by atoms with Crippen molar-refractivity contribution in [3.63, 3.8) is 0 Å². The first kappa shape index (κ1) is 15.9. The second-order valence-corrected chi connectivity index (χ2v) is 7.60. The molecule has 108 valence electrons. The molecular weight excluding hydrogens is 248 g/mol. The van der Waals surface area contributed by atoms with Crippen LogP contribution in [0.15, 0.2) is 0 Å². The van der Waals surface area contributed by atoms with Crippen LogP contribution < -0.4 is 10.0 Å². The van der Waals surface area contributed by atoms with Crippen LogP contribution in [0.5, 0.6) is 0 Å². The SMILES string of the molecule is CCNC1CCC(NS(=O)(=O)CCC(C)C)CC1. The van der Waals surface area contributed by atoms with E-state index in [1.165, 1.54) is 0 Å². The van der Waals surface area contributed by atoms with Crippen LogP contribution in [0.2, 0.25) is 0 Å². The van der Waals surface area contributed by atoms with Crippen LogP contribution in [0.1, 0.15) is 52.9 Å². The molecule has 0 bridgehead atoms. The first-order chi connectivity index (χ1) is 8.43. The summed E-state index contributed by atoms with van der Waals surface area (Å²) >= 11 is 0. The molecule has 1 fully saturated rings. The molecule has 0 aliphatic heterocycles. The monoisotopic (exact) mass is 276 g/mol. The van der Waals surface area contributed by atoms with Crippen LogP contribution in [0.3, 0.4) is 0 Å². The van der Waals surface area contributed by atoms with Crippen molar-refractivity contribution in [3.8, 4) is 0 Å². The lowest BCUT2D eigenvalue weighted by atomic mass is 9.92. The van der Waals surface area contributed by atoms with Crippen molar-refractivity contribution in [2.75, 3.05) is 12.3 Å². The van der Waals surface area contributed by atoms with Gasteiger partial charge in [0.05, 0.1) is 5.75 Å². The van der Waals surface area contributed by atoms with E-state index in [-0.39, 0.29) is 11.8 Å². The molecule has 0 aromatic heterocycles. The minimum Gasteiger partial charge on any atom is -0.314 e. The summed E-state index contributed by atoms with van der Waals surface area (Å²) < 4.78 is 26.6. The van der Waals surface area contributed by atoms with E-state index in [2.05, 4.69) is 30.8 Å². The zero-order chi connectivity index (χ0) is 13.6. The molecule has 0 aromatic rings. The minimum absolute atomic E-state index is 0.150. The highest BCUT2D eigenvalue weighted by Crippen LogP contribution is 2.19. The number of sulfonamides is 1. The first-order valence-corrected chi connectivity index (χ1v) is 8.81. The van der Waals surface area contributed by atoms with Crippen molar-refractivity contribution in [2.24, 2.45) is 5.92 Å². The van der Waals surface area contributed by atoms with Crippen LogP contribution in [-0.2, 0) is 10.0 Å². The van der Waals surface area contributed by atoms with Gasteiger partial charge in [-0.05, 0) is 44.6 Å². The highest BCUT2D eigenvalue weighted by Gasteiger charge is 2.24. The number of hydrogen-bond acceptors (Lipinski definition) is 3. The molecule has 1 saturated carbocycles. The first-order valence-electron chi connectivity index (χ1n) is 7.16. The van der Waals surface area contributed by atoms with Gasteiger partial charge in [-0.3, -0.25) is 0 Å². The Labute approximate surface area is 112 Å². The molecule has 1 aliphatic carbocycles. The summed E-state index contributed by atoms with van der Waals surface area (Å²) in [7, 11) is -3.08. The summed E-state index contributed by atoms with van der Waals surface area (Å²) in [6.07, 6.45) is 4.80. The van der Waals surface area contributed by atoms with E-state index in [0.29, 0.717) is 12.0 Å². The van der Waals surface area contributed by atoms with Gasteiger partial charge in [0.1, 0.15) is 0 Å². The van der Waals surface area contributed by atoms with Crippen molar-refractivity contribution in [1.29, 1.82) is 0 Å². The Morgan fingerprint density at radius 1 is 1.11 bits per heavy atom. The highest BCUT2D eigenvalue weighted by molar-refractivity contribution is 7.89. The largest absolute Gasteiger partial charge is 0.314 e. The Hall–Kier alpha value is -0.130. The van der Waals surface area contributed by atoms with Crippen LogP contribution in [-0.4, -0.2) is 32.8 Å². The summed E-state index contributed by atoms with van der Waals surface area (Å²) in [5.41, 5.74) is 0. The second kappa shape index (κ2) is 7.46. The van der Waals surface area contributed by atoms with Crippen LogP contribution in [0.4, 0.5) is 0 Å². The van der Waals surface area contributed by atoms with Crippen molar-refractivity contribution in [3.05, 3.63) is 0 Å². The lowest BCUT2D eigenvalue weighted by Gasteiger charge is -2.29. The lowest BCUT2D eigenvalue weighted by Crippen LogP contribution is -2.42. The van der Waals surface area contributed by atoms with Gasteiger partial charge in [-0.25, -0.2) is 13.1 Å². The van der Waals surface area contributed by atoms with E-state index < -0.39 is 10.0 Å². The highest BCUT2D eigenvalue weighted by atomic mass is 32.2. The van der Waals surface area contributed by atoms with Crippen molar-refractivity contribution in [1.82, 2.24) is 10.0 Å². The molecule has 0 unspecified atom stereocenters. The van der Waals surface area contributed by atoms with E-state index in [0.717, 1.165) is 38.6 Å². The van der Waals surface area contributed by atoms with Gasteiger partial charge in [0.25, 0.3) is 0 Å². The molecule has 0 spiro atoms. The molecule has 1 aliphatic rings. The van der Waals surface area contributed by atoms with Crippen molar-refractivity contribution in [2.45, 2.75) is 65.0 Å². The molecule has 5 heteroatoms. The zero-order valence-corrected chi connectivity index (χ0v) is 12.7. The molecule has 18 heavy (non-hydrogen) atoms. The van der Waals surface area contributed by atoms with Crippen molar-refractivity contribution < 1.29 is 8.42 Å². The Kier molecular flexibility index (Phi) is 6.60. The van der Waals surface area contributed by atoms with Gasteiger partial charge in [-0.15, -0.1) is 0 Å². The fourth-order valence-electron chi connectivity index (χ4n) is 2.41. The Balaban J connectivity index is 2.31. The predicted octanol–water partition coefficient (Wildman–Crippen LogP) is 1.87. The summed E-state index contributed by atoms with van der Waals surface area (Å²) in [5.74, 6) is 0.698. The van der Waals surface area contributed by atoms with E-state index in [9.17, 15) is 8.42 Å². The average Bonchev–Trinajstić information content (AvgIpc) is 2.29. The van der Waals surface area contributed by atoms with Gasteiger partial charge in [-0.2, -0.15) is 0 Å². The normalized spacial score (nSPS) is 25.6. The van der Waals surface area contributed by atoms with Crippen molar-refractivity contribution >= 4 is 10.0 Å². The fourth-order valence-corrected chi connectivity index (χ4v) is 4.05. The molecule has 0 amide bonds. The molecule has 0 heterocycles. The maximum absolute atomic E-state index is 11.9. The number of rotatable bonds is 7. The van der Waals surface area contributed by atoms with E-state index in [1.54, 1.807) is 0 Å². The minimum atomic E-state index is -3.08. The zero-order valence-electron chi connectivity index (χ0n) is 11.9. The molecule has 0 radical (unpaired) electrons. The van der Waals surface area contributed by atoms with Gasteiger partial charge in [-0.1, -0.05) is 20.8 Å². The molecule has 1 rings (SSSR count). The third-order valence-electron chi connectivity index (χ3n) is 3.53. The molecule has 0 saturated heterocycles. The van der Waals surface area contributed by atoms with Crippen LogP contribution >= 0.6 is 0 Å². The predicted molar refractivity (Wildman–Crippen MR) is 76.1 cm³/mol. The third kappa shape index (κ3) is 6.16. The van der Waals surface area contributed by atoms with Gasteiger partial charge >= 0.3 is 0 Å². The molecule has 0 aromatic carbocycles. The quantitative estimate of drug-likeness (QED) is 0.746. The average molecular weight is 276 g/mol. The second-order valence-electron chi connectivity index (χ2n) is 5.73. The smallest absolute Gasteiger partial charge is 0.211 e. The van der Waals surface area contributed by atoms with Crippen LogP contribution in [0.25, 0.3) is 0 Å². The van der Waals surface area contributed by atoms with Gasteiger partial charge in [0.2, 0.25) is 10.0 Å². The number of hydrogen-bond donors (Lipinski definition) is 2. The summed E-state index contributed by atoms with van der Waals surface area (Å²) in [5, 5.41) is 3.43. The lowest BCUT2D eigenvalue weighted by molar-refractivity contribution is 0.333. The van der Waals surface area contributed by atoms with Gasteiger partial charge in [0, 0.05) is 12.1 Å². The topological polar surface area (TPSA) is 58.2 Å². The summed E-state index contributed by atoms with van der Waals surface area (Å²) in [6.45, 7) is 7.21. The Bertz CT molecular complexity index is 320. The Morgan fingerprint density at radius 3 is 2.17 bits per heavy atom. The van der Waals surface area contributed by atoms with E-state index in [4.69, 9.17) is 0 Å². The van der Waals surface area contributed by atoms with E-state index in [1.807, 2.05) is 0 Å². The fraction of sp³-hybridized carbons (Fsp3) is 1.00. The van der Waals surface area contributed by atoms with Crippen LogP contribution in [0, 0.1) is 5.92 Å². The van der Waals surface area contributed by atoms with Gasteiger partial charge < -0.3 is 5.32 Å². The standard InChI is InChI=1S/C13H28N2O2S/c1-4-14-12-5-7-13(8-6-12)15-18(16,17)10-9-11(2)3/h11-15H,4-10H2,1-3H3. The maximum atomic E-state index is 11.9. The molecule has 4 nitrogen and oxygen atoms in total.